The van der Waals surface area contributed by atoms with Crippen molar-refractivity contribution in [1.29, 1.82) is 0 Å². The van der Waals surface area contributed by atoms with Gasteiger partial charge in [0.05, 0.1) is 11.9 Å². The van der Waals surface area contributed by atoms with E-state index >= 15 is 0 Å². The lowest BCUT2D eigenvalue weighted by Crippen LogP contribution is -1.99. The summed E-state index contributed by atoms with van der Waals surface area (Å²) >= 11 is 0. The predicted molar refractivity (Wildman–Crippen MR) is 70.1 cm³/mol. The number of fused-ring (bicyclic) bond motifs is 1. The fourth-order valence-electron chi connectivity index (χ4n) is 1.77. The lowest BCUT2D eigenvalue weighted by atomic mass is 10.2. The Bertz CT molecular complexity index is 681. The second-order valence-corrected chi connectivity index (χ2v) is 3.77. The first-order valence-corrected chi connectivity index (χ1v) is 5.59. The Balaban J connectivity index is 2.22. The quantitative estimate of drug-likeness (QED) is 0.739. The zero-order chi connectivity index (χ0) is 12.4. The molecule has 0 unspecified atom stereocenters. The van der Waals surface area contributed by atoms with Crippen molar-refractivity contribution in [2.24, 2.45) is 0 Å². The summed E-state index contributed by atoms with van der Waals surface area (Å²) < 4.78 is 0. The van der Waals surface area contributed by atoms with Crippen molar-refractivity contribution in [3.63, 3.8) is 0 Å². The van der Waals surface area contributed by atoms with Gasteiger partial charge in [-0.15, -0.1) is 0 Å². The predicted octanol–water partition coefficient (Wildman–Crippen LogP) is 2.13. The van der Waals surface area contributed by atoms with E-state index in [-0.39, 0.29) is 0 Å². The molecule has 0 atom stereocenters. The van der Waals surface area contributed by atoms with Crippen LogP contribution >= 0.6 is 0 Å². The normalized spacial score (nSPS) is 10.5. The Kier molecular flexibility index (Phi) is 2.57. The van der Waals surface area contributed by atoms with Gasteiger partial charge >= 0.3 is 0 Å². The van der Waals surface area contributed by atoms with Gasteiger partial charge in [-0.1, -0.05) is 30.3 Å². The van der Waals surface area contributed by atoms with Crippen LogP contribution in [0.15, 0.2) is 42.9 Å². The van der Waals surface area contributed by atoms with E-state index in [1.807, 2.05) is 30.3 Å². The molecule has 88 valence electrons. The fourth-order valence-corrected chi connectivity index (χ4v) is 1.77. The molecule has 1 N–H and O–H groups in total. The van der Waals surface area contributed by atoms with E-state index in [4.69, 9.17) is 0 Å². The summed E-state index contributed by atoms with van der Waals surface area (Å²) in [5.74, 6) is 0.685. The van der Waals surface area contributed by atoms with Gasteiger partial charge in [0.25, 0.3) is 0 Å². The summed E-state index contributed by atoms with van der Waals surface area (Å²) in [6.07, 6.45) is 3.20. The maximum Gasteiger partial charge on any atom is 0.183 e. The van der Waals surface area contributed by atoms with Gasteiger partial charge in [-0.2, -0.15) is 0 Å². The van der Waals surface area contributed by atoms with Crippen LogP contribution in [-0.4, -0.2) is 27.0 Å². The number of aromatic nitrogens is 4. The summed E-state index contributed by atoms with van der Waals surface area (Å²) in [5, 5.41) is 3.00. The lowest BCUT2D eigenvalue weighted by Gasteiger charge is -2.05. The molecular formula is C13H11N5. The first-order valence-electron chi connectivity index (χ1n) is 5.59. The third-order valence-corrected chi connectivity index (χ3v) is 2.65. The van der Waals surface area contributed by atoms with E-state index in [0.29, 0.717) is 17.0 Å². The van der Waals surface area contributed by atoms with Gasteiger partial charge in [-0.25, -0.2) is 19.9 Å². The number of hydrogen-bond donors (Lipinski definition) is 1. The highest BCUT2D eigenvalue weighted by atomic mass is 15.0. The Morgan fingerprint density at radius 1 is 1.00 bits per heavy atom. The summed E-state index contributed by atoms with van der Waals surface area (Å²) in [4.78, 5) is 17.1. The van der Waals surface area contributed by atoms with Crippen LogP contribution in [0.5, 0.6) is 0 Å². The molecule has 5 nitrogen and oxygen atoms in total. The van der Waals surface area contributed by atoms with Gasteiger partial charge < -0.3 is 5.32 Å². The molecule has 0 radical (unpaired) electrons. The third-order valence-electron chi connectivity index (χ3n) is 2.65. The molecule has 2 heterocycles. The summed E-state index contributed by atoms with van der Waals surface area (Å²) in [5.41, 5.74) is 3.11. The summed E-state index contributed by atoms with van der Waals surface area (Å²) in [7, 11) is 1.80. The van der Waals surface area contributed by atoms with Gasteiger partial charge in [0.1, 0.15) is 6.33 Å². The Hall–Kier alpha value is -2.56. The van der Waals surface area contributed by atoms with Crippen LogP contribution in [0.2, 0.25) is 0 Å². The first kappa shape index (κ1) is 10.6. The van der Waals surface area contributed by atoms with Crippen LogP contribution in [0.1, 0.15) is 0 Å². The second kappa shape index (κ2) is 4.37. The monoisotopic (exact) mass is 237 g/mol. The highest BCUT2D eigenvalue weighted by molar-refractivity contribution is 5.83. The smallest absolute Gasteiger partial charge is 0.183 e. The van der Waals surface area contributed by atoms with Gasteiger partial charge in [0.15, 0.2) is 17.0 Å². The minimum atomic E-state index is 0.592. The molecule has 2 aromatic heterocycles. The molecule has 0 aliphatic heterocycles. The molecule has 0 bridgehead atoms. The molecular weight excluding hydrogens is 226 g/mol. The van der Waals surface area contributed by atoms with Crippen LogP contribution in [0.3, 0.4) is 0 Å². The molecule has 0 aliphatic rings. The van der Waals surface area contributed by atoms with Crippen LogP contribution in [0, 0.1) is 0 Å². The van der Waals surface area contributed by atoms with Crippen LogP contribution in [0.25, 0.3) is 22.4 Å². The highest BCUT2D eigenvalue weighted by Crippen LogP contribution is 2.20. The molecule has 0 saturated heterocycles. The van der Waals surface area contributed by atoms with Gasteiger partial charge in [-0.3, -0.25) is 0 Å². The molecule has 0 spiro atoms. The van der Waals surface area contributed by atoms with Crippen molar-refractivity contribution in [2.75, 3.05) is 12.4 Å². The number of nitrogens with zero attached hydrogens (tertiary/aromatic N) is 4. The van der Waals surface area contributed by atoms with Gasteiger partial charge in [-0.05, 0) is 0 Å². The molecule has 3 rings (SSSR count). The standard InChI is InChI=1S/C13H11N5/c1-14-12-11-13(17-8-16-12)15-7-10(18-11)9-5-3-2-4-6-9/h2-8H,1H3,(H,14,15,16,17). The number of benzene rings is 1. The van der Waals surface area contributed by atoms with Crippen molar-refractivity contribution in [3.8, 4) is 11.3 Å². The summed E-state index contributed by atoms with van der Waals surface area (Å²) in [6.45, 7) is 0. The number of rotatable bonds is 2. The zero-order valence-electron chi connectivity index (χ0n) is 9.83. The van der Waals surface area contributed by atoms with Crippen LogP contribution in [0.4, 0.5) is 5.82 Å². The minimum Gasteiger partial charge on any atom is -0.371 e. The van der Waals surface area contributed by atoms with E-state index in [9.17, 15) is 0 Å². The topological polar surface area (TPSA) is 63.6 Å². The fraction of sp³-hybridized carbons (Fsp3) is 0.0769. The van der Waals surface area contributed by atoms with Crippen LogP contribution < -0.4 is 5.32 Å². The molecule has 18 heavy (non-hydrogen) atoms. The lowest BCUT2D eigenvalue weighted by molar-refractivity contribution is 1.14. The number of nitrogens with one attached hydrogen (secondary N) is 1. The van der Waals surface area contributed by atoms with Crippen molar-refractivity contribution < 1.29 is 0 Å². The number of hydrogen-bond acceptors (Lipinski definition) is 5. The Labute approximate surface area is 104 Å². The minimum absolute atomic E-state index is 0.592. The number of anilines is 1. The van der Waals surface area contributed by atoms with E-state index in [1.54, 1.807) is 13.2 Å². The molecule has 3 aromatic rings. The maximum atomic E-state index is 4.57. The highest BCUT2D eigenvalue weighted by Gasteiger charge is 2.07. The van der Waals surface area contributed by atoms with E-state index in [2.05, 4.69) is 25.3 Å². The van der Waals surface area contributed by atoms with Gasteiger partial charge in [0.2, 0.25) is 0 Å². The summed E-state index contributed by atoms with van der Waals surface area (Å²) in [6, 6.07) is 9.92. The van der Waals surface area contributed by atoms with E-state index in [1.165, 1.54) is 6.33 Å². The average molecular weight is 237 g/mol. The molecule has 0 saturated carbocycles. The Morgan fingerprint density at radius 3 is 2.61 bits per heavy atom. The van der Waals surface area contributed by atoms with E-state index in [0.717, 1.165) is 11.3 Å². The van der Waals surface area contributed by atoms with Crippen molar-refractivity contribution in [1.82, 2.24) is 19.9 Å². The molecule has 0 fully saturated rings. The zero-order valence-corrected chi connectivity index (χ0v) is 9.83. The van der Waals surface area contributed by atoms with Crippen molar-refractivity contribution in [2.45, 2.75) is 0 Å². The molecule has 5 heteroatoms. The maximum absolute atomic E-state index is 4.57. The van der Waals surface area contributed by atoms with E-state index < -0.39 is 0 Å². The van der Waals surface area contributed by atoms with Crippen molar-refractivity contribution in [3.05, 3.63) is 42.9 Å². The first-order chi connectivity index (χ1) is 8.88. The SMILES string of the molecule is CNc1ncnc2ncc(-c3ccccc3)nc12. The molecule has 1 aromatic carbocycles. The van der Waals surface area contributed by atoms with Crippen molar-refractivity contribution >= 4 is 17.0 Å². The van der Waals surface area contributed by atoms with Gasteiger partial charge in [0, 0.05) is 12.6 Å². The average Bonchev–Trinajstić information content (AvgIpc) is 2.47. The molecule has 0 amide bonds. The molecule has 0 aliphatic carbocycles. The second-order valence-electron chi connectivity index (χ2n) is 3.77. The van der Waals surface area contributed by atoms with Crippen LogP contribution in [-0.2, 0) is 0 Å². The Morgan fingerprint density at radius 2 is 1.83 bits per heavy atom. The largest absolute Gasteiger partial charge is 0.371 e. The third kappa shape index (κ3) is 1.75.